The van der Waals surface area contributed by atoms with Crippen LogP contribution in [0, 0.1) is 0 Å². The minimum absolute atomic E-state index is 0.0549. The van der Waals surface area contributed by atoms with Crippen LogP contribution in [0.2, 0.25) is 0 Å². The van der Waals surface area contributed by atoms with E-state index in [4.69, 9.17) is 23.5 Å². The number of benzene rings is 1. The molecule has 0 amide bonds. The molecule has 5 N–H and O–H groups in total. The molecular weight excluding hydrogens is 594 g/mol. The van der Waals surface area contributed by atoms with E-state index in [1.807, 2.05) is 0 Å². The third kappa shape index (κ3) is 10.5. The van der Waals surface area contributed by atoms with Crippen molar-refractivity contribution in [1.82, 2.24) is 0 Å². The summed E-state index contributed by atoms with van der Waals surface area (Å²) in [5.74, 6) is -0.869. The number of rotatable bonds is 12. The summed E-state index contributed by atoms with van der Waals surface area (Å²) in [7, 11) is -3.37. The van der Waals surface area contributed by atoms with Gasteiger partial charge in [-0.3, -0.25) is 8.76 Å². The molecule has 0 radical (unpaired) electrons. The average Bonchev–Trinajstić information content (AvgIpc) is 2.88. The second-order valence-electron chi connectivity index (χ2n) is 8.21. The average molecular weight is 626 g/mol. The Hall–Kier alpha value is -2.51. The van der Waals surface area contributed by atoms with E-state index in [1.165, 1.54) is 50.2 Å². The molecule has 40 heavy (non-hydrogen) atoms. The minimum atomic E-state index is -4.82. The van der Waals surface area contributed by atoms with Gasteiger partial charge >= 0.3 is 16.3 Å². The van der Waals surface area contributed by atoms with Crippen molar-refractivity contribution in [3.05, 3.63) is 35.3 Å². The van der Waals surface area contributed by atoms with Gasteiger partial charge < -0.3 is 39.4 Å². The highest BCUT2D eigenvalue weighted by Gasteiger charge is 2.45. The SMILES string of the molecule is COc1cc(/C=C/C(=O)OC[C@H]2O[C@@H](SC(CCC=CS(C)=O)=NS(=O)(=O)O)[C@H](O)[C@@H](O)[C@@H]2O)cc(OC)c1O. The molecule has 14 nitrogen and oxygen atoms in total. The number of aliphatic hydroxyl groups excluding tert-OH is 3. The highest BCUT2D eigenvalue weighted by Crippen LogP contribution is 2.37. The lowest BCUT2D eigenvalue weighted by Gasteiger charge is -2.39. The first-order chi connectivity index (χ1) is 18.7. The van der Waals surface area contributed by atoms with Crippen LogP contribution in [0.25, 0.3) is 6.08 Å². The smallest absolute Gasteiger partial charge is 0.379 e. The molecule has 224 valence electrons. The van der Waals surface area contributed by atoms with Crippen LogP contribution in [-0.2, 0) is 35.4 Å². The maximum absolute atomic E-state index is 12.3. The molecule has 1 saturated heterocycles. The summed E-state index contributed by atoms with van der Waals surface area (Å²) in [5.41, 5.74) is -0.933. The van der Waals surface area contributed by atoms with Crippen molar-refractivity contribution in [2.24, 2.45) is 4.40 Å². The predicted molar refractivity (Wildman–Crippen MR) is 147 cm³/mol. The molecule has 1 heterocycles. The van der Waals surface area contributed by atoms with Crippen LogP contribution in [0.15, 0.2) is 34.1 Å². The van der Waals surface area contributed by atoms with Crippen LogP contribution in [0.4, 0.5) is 0 Å². The highest BCUT2D eigenvalue weighted by atomic mass is 32.2. The van der Waals surface area contributed by atoms with Gasteiger partial charge in [-0.1, -0.05) is 17.8 Å². The Morgan fingerprint density at radius 1 is 1.15 bits per heavy atom. The Kier molecular flexibility index (Phi) is 13.0. The van der Waals surface area contributed by atoms with Gasteiger partial charge in [-0.05, 0) is 35.6 Å². The largest absolute Gasteiger partial charge is 0.502 e. The molecular formula is C23H31NO13S3. The van der Waals surface area contributed by atoms with E-state index in [1.54, 1.807) is 0 Å². The van der Waals surface area contributed by atoms with E-state index < -0.39 is 63.5 Å². The second kappa shape index (κ2) is 15.5. The summed E-state index contributed by atoms with van der Waals surface area (Å²) in [4.78, 5) is 12.3. The number of hydrogen-bond donors (Lipinski definition) is 5. The molecule has 1 aliphatic heterocycles. The first-order valence-electron chi connectivity index (χ1n) is 11.5. The first kappa shape index (κ1) is 33.7. The second-order valence-corrected chi connectivity index (χ2v) is 11.7. The van der Waals surface area contributed by atoms with Crippen LogP contribution in [0.1, 0.15) is 18.4 Å². The molecule has 17 heteroatoms. The van der Waals surface area contributed by atoms with Gasteiger partial charge in [0, 0.05) is 29.6 Å². The third-order valence-electron chi connectivity index (χ3n) is 5.25. The van der Waals surface area contributed by atoms with Gasteiger partial charge in [-0.25, -0.2) is 4.79 Å². The van der Waals surface area contributed by atoms with Crippen LogP contribution in [0.5, 0.6) is 17.2 Å². The maximum atomic E-state index is 12.3. The zero-order chi connectivity index (χ0) is 30.0. The number of carbonyl (C=O) groups excluding carboxylic acids is 1. The zero-order valence-electron chi connectivity index (χ0n) is 21.6. The van der Waals surface area contributed by atoms with Gasteiger partial charge in [0.25, 0.3) is 0 Å². The fraction of sp³-hybridized carbons (Fsp3) is 0.478. The van der Waals surface area contributed by atoms with Crippen LogP contribution >= 0.6 is 11.8 Å². The van der Waals surface area contributed by atoms with Crippen molar-refractivity contribution in [3.63, 3.8) is 0 Å². The lowest BCUT2D eigenvalue weighted by molar-refractivity contribution is -0.209. The van der Waals surface area contributed by atoms with Crippen molar-refractivity contribution in [1.29, 1.82) is 0 Å². The zero-order valence-corrected chi connectivity index (χ0v) is 24.1. The molecule has 1 aromatic carbocycles. The van der Waals surface area contributed by atoms with E-state index >= 15 is 0 Å². The van der Waals surface area contributed by atoms with Crippen molar-refractivity contribution in [2.45, 2.75) is 42.7 Å². The third-order valence-corrected chi connectivity index (χ3v) is 7.59. The number of allylic oxidation sites excluding steroid dienone is 1. The van der Waals surface area contributed by atoms with Gasteiger partial charge in [0.05, 0.1) is 19.3 Å². The number of aromatic hydroxyl groups is 1. The van der Waals surface area contributed by atoms with Gasteiger partial charge in [0.1, 0.15) is 36.5 Å². The number of carbonyl (C=O) groups is 1. The number of nitrogens with zero attached hydrogens (tertiary/aromatic N) is 1. The Morgan fingerprint density at radius 2 is 1.77 bits per heavy atom. The quantitative estimate of drug-likeness (QED) is 0.0697. The number of methoxy groups -OCH3 is 2. The number of ether oxygens (including phenoxy) is 4. The standard InChI is InChI=1S/C23H31NO13S3/c1-34-14-10-13(11-15(35-2)19(14)26)7-8-18(25)36-12-16-20(27)21(28)22(29)23(37-16)38-17(24-40(31,32)33)6-4-5-9-39(3)30/h5,7-11,16,20-23,26-29H,4,6,12H2,1-3H3,(H,31,32,33)/b8-7+,9-5?,24-17?/t16-,20-,21+,22-,23+,39?/m1/s1. The number of thioether (sulfide) groups is 1. The molecule has 1 fully saturated rings. The van der Waals surface area contributed by atoms with Crippen molar-refractivity contribution in [2.75, 3.05) is 27.1 Å². The molecule has 6 atom stereocenters. The summed E-state index contributed by atoms with van der Waals surface area (Å²) >= 11 is 0.578. The molecule has 0 aromatic heterocycles. The van der Waals surface area contributed by atoms with E-state index in [9.17, 15) is 37.8 Å². The monoisotopic (exact) mass is 625 g/mol. The minimum Gasteiger partial charge on any atom is -0.502 e. The number of esters is 1. The predicted octanol–water partition coefficient (Wildman–Crippen LogP) is 0.380. The lowest BCUT2D eigenvalue weighted by Crippen LogP contribution is -2.58. The Bertz CT molecular complexity index is 1220. The number of aliphatic hydroxyl groups is 3. The van der Waals surface area contributed by atoms with Crippen LogP contribution in [0.3, 0.4) is 0 Å². The van der Waals surface area contributed by atoms with Crippen molar-refractivity contribution >= 4 is 50.0 Å². The lowest BCUT2D eigenvalue weighted by atomic mass is 10.0. The van der Waals surface area contributed by atoms with Crippen LogP contribution < -0.4 is 9.47 Å². The molecule has 1 aliphatic rings. The molecule has 0 saturated carbocycles. The summed E-state index contributed by atoms with van der Waals surface area (Å²) in [6.07, 6.45) is -0.978. The number of phenolic OH excluding ortho intramolecular Hbond substituents is 1. The molecule has 0 aliphatic carbocycles. The summed E-state index contributed by atoms with van der Waals surface area (Å²) in [6, 6.07) is 2.89. The van der Waals surface area contributed by atoms with Gasteiger partial charge in [-0.2, -0.15) is 8.42 Å². The van der Waals surface area contributed by atoms with E-state index in [0.717, 1.165) is 6.08 Å². The maximum Gasteiger partial charge on any atom is 0.379 e. The van der Waals surface area contributed by atoms with E-state index in [2.05, 4.69) is 4.40 Å². The molecule has 2 rings (SSSR count). The Morgan fingerprint density at radius 3 is 2.33 bits per heavy atom. The van der Waals surface area contributed by atoms with Gasteiger partial charge in [-0.15, -0.1) is 4.40 Å². The fourth-order valence-corrected chi connectivity index (χ4v) is 5.55. The first-order valence-corrected chi connectivity index (χ1v) is 15.4. The van der Waals surface area contributed by atoms with Crippen LogP contribution in [-0.4, -0.2) is 106 Å². The Labute approximate surface area is 237 Å². The number of hydrogen-bond acceptors (Lipinski definition) is 13. The van der Waals surface area contributed by atoms with E-state index in [-0.39, 0.29) is 35.1 Å². The normalized spacial score (nSPS) is 24.8. The summed E-state index contributed by atoms with van der Waals surface area (Å²) in [6.45, 7) is -0.552. The van der Waals surface area contributed by atoms with Crippen molar-refractivity contribution < 1.29 is 61.3 Å². The molecule has 1 aromatic rings. The molecule has 1 unspecified atom stereocenters. The Balaban J connectivity index is 2.09. The van der Waals surface area contributed by atoms with Gasteiger partial charge in [0.2, 0.25) is 5.75 Å². The topological polar surface area (TPSA) is 219 Å². The van der Waals surface area contributed by atoms with E-state index in [0.29, 0.717) is 17.3 Å². The summed E-state index contributed by atoms with van der Waals surface area (Å²) < 4.78 is 66.9. The summed E-state index contributed by atoms with van der Waals surface area (Å²) in [5, 5.41) is 42.2. The van der Waals surface area contributed by atoms with Crippen molar-refractivity contribution in [3.8, 4) is 17.2 Å². The fourth-order valence-electron chi connectivity index (χ4n) is 3.34. The molecule has 0 bridgehead atoms. The van der Waals surface area contributed by atoms with Gasteiger partial charge in [0.15, 0.2) is 11.5 Å². The number of phenols is 1. The molecule has 0 spiro atoms. The highest BCUT2D eigenvalue weighted by molar-refractivity contribution is 8.14.